The molecule has 0 aromatic carbocycles. The van der Waals surface area contributed by atoms with Crippen LogP contribution in [0, 0.1) is 13.8 Å². The van der Waals surface area contributed by atoms with Crippen molar-refractivity contribution >= 4 is 23.1 Å². The Balaban J connectivity index is 1.61. The summed E-state index contributed by atoms with van der Waals surface area (Å²) in [6.45, 7) is 9.30. The van der Waals surface area contributed by atoms with E-state index in [1.807, 2.05) is 19.5 Å². The average molecular weight is 372 g/mol. The summed E-state index contributed by atoms with van der Waals surface area (Å²) in [5.41, 5.74) is 4.89. The van der Waals surface area contributed by atoms with Gasteiger partial charge < -0.3 is 0 Å². The Labute approximate surface area is 158 Å². The number of likely N-dealkylation sites (N-methyl/N-ethyl adjacent to an activating group) is 1. The third kappa shape index (κ3) is 2.93. The molecular formula is C19H25N5OS. The van der Waals surface area contributed by atoms with E-state index in [1.165, 1.54) is 4.88 Å². The Morgan fingerprint density at radius 1 is 1.27 bits per heavy atom. The fourth-order valence-corrected chi connectivity index (χ4v) is 4.88. The van der Waals surface area contributed by atoms with Crippen LogP contribution in [0.1, 0.15) is 47.4 Å². The van der Waals surface area contributed by atoms with Gasteiger partial charge in [0, 0.05) is 41.7 Å². The number of hydrogen-bond donors (Lipinski definition) is 0. The number of carbonyl (C=O) groups is 1. The highest BCUT2D eigenvalue weighted by Crippen LogP contribution is 2.36. The molecule has 1 atom stereocenters. The van der Waals surface area contributed by atoms with E-state index in [4.69, 9.17) is 9.97 Å². The second kappa shape index (κ2) is 6.39. The van der Waals surface area contributed by atoms with Gasteiger partial charge in [-0.05, 0) is 33.2 Å². The molecule has 2 aliphatic rings. The number of anilines is 1. The molecule has 26 heavy (non-hydrogen) atoms. The lowest BCUT2D eigenvalue weighted by atomic mass is 9.80. The van der Waals surface area contributed by atoms with Gasteiger partial charge in [-0.2, -0.15) is 0 Å². The van der Waals surface area contributed by atoms with Crippen LogP contribution in [0.25, 0.3) is 0 Å². The fraction of sp³-hybridized carbons (Fsp3) is 0.579. The van der Waals surface area contributed by atoms with Crippen LogP contribution >= 0.6 is 11.3 Å². The quantitative estimate of drug-likeness (QED) is 0.830. The van der Waals surface area contributed by atoms with Gasteiger partial charge in [0.15, 0.2) is 0 Å². The molecule has 0 spiro atoms. The Kier molecular flexibility index (Phi) is 4.31. The molecule has 7 heteroatoms. The molecule has 4 heterocycles. The number of nitrogens with zero attached hydrogens (tertiary/aromatic N) is 5. The summed E-state index contributed by atoms with van der Waals surface area (Å²) >= 11 is 1.73. The highest BCUT2D eigenvalue weighted by Gasteiger charge is 2.38. The van der Waals surface area contributed by atoms with Crippen LogP contribution in [0.5, 0.6) is 0 Å². The topological polar surface area (TPSA) is 62.2 Å². The second-order valence-corrected chi connectivity index (χ2v) is 8.74. The predicted molar refractivity (Wildman–Crippen MR) is 103 cm³/mol. The smallest absolute Gasteiger partial charge is 0.232 e. The first-order valence-corrected chi connectivity index (χ1v) is 10.0. The molecule has 0 N–H and O–H groups in total. The number of rotatable bonds is 3. The van der Waals surface area contributed by atoms with E-state index in [0.717, 1.165) is 61.1 Å². The van der Waals surface area contributed by atoms with E-state index in [1.54, 1.807) is 16.2 Å². The van der Waals surface area contributed by atoms with Gasteiger partial charge in [0.05, 0.1) is 17.6 Å². The number of likely N-dealkylation sites (tertiary alicyclic amines) is 1. The minimum absolute atomic E-state index is 0.0941. The van der Waals surface area contributed by atoms with Gasteiger partial charge >= 0.3 is 0 Å². The van der Waals surface area contributed by atoms with Gasteiger partial charge in [-0.25, -0.2) is 15.0 Å². The van der Waals surface area contributed by atoms with Crippen molar-refractivity contribution in [2.75, 3.05) is 25.0 Å². The van der Waals surface area contributed by atoms with Gasteiger partial charge in [-0.3, -0.25) is 14.6 Å². The summed E-state index contributed by atoms with van der Waals surface area (Å²) in [5.74, 6) is 1.78. The number of aryl methyl sites for hydroxylation is 2. The zero-order valence-electron chi connectivity index (χ0n) is 15.9. The van der Waals surface area contributed by atoms with Crippen molar-refractivity contribution in [3.8, 4) is 0 Å². The lowest BCUT2D eigenvalue weighted by Crippen LogP contribution is -2.45. The third-order valence-electron chi connectivity index (χ3n) is 5.74. The molecule has 1 saturated heterocycles. The number of aromatic nitrogens is 3. The molecule has 0 saturated carbocycles. The van der Waals surface area contributed by atoms with Crippen LogP contribution in [-0.2, 0) is 23.2 Å². The summed E-state index contributed by atoms with van der Waals surface area (Å²) in [5, 5.41) is 0. The number of carbonyl (C=O) groups excluding carboxylic acids is 1. The lowest BCUT2D eigenvalue weighted by Gasteiger charge is -2.39. The number of amides is 1. The lowest BCUT2D eigenvalue weighted by molar-refractivity contribution is -0.117. The minimum atomic E-state index is -0.0941. The van der Waals surface area contributed by atoms with Gasteiger partial charge in [0.2, 0.25) is 5.91 Å². The van der Waals surface area contributed by atoms with Crippen LogP contribution in [0.3, 0.4) is 0 Å². The molecule has 138 valence electrons. The van der Waals surface area contributed by atoms with E-state index < -0.39 is 0 Å². The van der Waals surface area contributed by atoms with Crippen LogP contribution < -0.4 is 4.90 Å². The Bertz CT molecular complexity index is 864. The first-order chi connectivity index (χ1) is 12.4. The van der Waals surface area contributed by atoms with Crippen molar-refractivity contribution in [1.82, 2.24) is 19.9 Å². The number of hydrogen-bond acceptors (Lipinski definition) is 6. The first kappa shape index (κ1) is 17.5. The van der Waals surface area contributed by atoms with Crippen molar-refractivity contribution in [2.45, 2.75) is 52.0 Å². The van der Waals surface area contributed by atoms with Crippen molar-refractivity contribution < 1.29 is 4.79 Å². The number of piperidine rings is 1. The van der Waals surface area contributed by atoms with E-state index in [2.05, 4.69) is 23.7 Å². The largest absolute Gasteiger partial charge is 0.299 e. The molecular weight excluding hydrogens is 346 g/mol. The van der Waals surface area contributed by atoms with Crippen molar-refractivity contribution in [2.24, 2.45) is 0 Å². The predicted octanol–water partition coefficient (Wildman–Crippen LogP) is 2.62. The van der Waals surface area contributed by atoms with Crippen molar-refractivity contribution in [1.29, 1.82) is 0 Å². The Morgan fingerprint density at radius 3 is 2.81 bits per heavy atom. The molecule has 1 amide bonds. The molecule has 2 aromatic heterocycles. The van der Waals surface area contributed by atoms with Crippen LogP contribution in [0.15, 0.2) is 5.51 Å². The molecule has 6 nitrogen and oxygen atoms in total. The molecule has 4 rings (SSSR count). The SMILES string of the molecule is Cc1ncsc1CN1CCC[C@](C)(c2nc(C)c3c(n2)N(C)C(=O)C3)C1. The molecule has 1 fully saturated rings. The highest BCUT2D eigenvalue weighted by molar-refractivity contribution is 7.09. The van der Waals surface area contributed by atoms with Gasteiger partial charge in [0.25, 0.3) is 0 Å². The maximum absolute atomic E-state index is 12.1. The zero-order valence-corrected chi connectivity index (χ0v) is 16.7. The second-order valence-electron chi connectivity index (χ2n) is 7.80. The average Bonchev–Trinajstić information content (AvgIpc) is 3.12. The molecule has 2 aromatic rings. The normalized spacial score (nSPS) is 23.5. The summed E-state index contributed by atoms with van der Waals surface area (Å²) in [7, 11) is 1.81. The molecule has 0 radical (unpaired) electrons. The van der Waals surface area contributed by atoms with E-state index >= 15 is 0 Å². The molecule has 0 bridgehead atoms. The summed E-state index contributed by atoms with van der Waals surface area (Å²) in [6, 6.07) is 0. The van der Waals surface area contributed by atoms with Crippen LogP contribution in [-0.4, -0.2) is 45.9 Å². The van der Waals surface area contributed by atoms with Gasteiger partial charge in [0.1, 0.15) is 11.6 Å². The minimum Gasteiger partial charge on any atom is -0.299 e. The summed E-state index contributed by atoms with van der Waals surface area (Å²) < 4.78 is 0. The standard InChI is InChI=1S/C19H25N5OS/c1-12-14-8-16(25)23(4)17(14)22-18(21-12)19(3)6-5-7-24(10-19)9-15-13(2)20-11-26-15/h11H,5-10H2,1-4H3/t19-/m0/s1. The number of fused-ring (bicyclic) bond motifs is 1. The van der Waals surface area contributed by atoms with Crippen molar-refractivity contribution in [3.05, 3.63) is 33.2 Å². The fourth-order valence-electron chi connectivity index (χ4n) is 4.07. The van der Waals surface area contributed by atoms with E-state index in [-0.39, 0.29) is 11.3 Å². The molecule has 0 aliphatic carbocycles. The monoisotopic (exact) mass is 371 g/mol. The maximum atomic E-state index is 12.1. The summed E-state index contributed by atoms with van der Waals surface area (Å²) in [6.07, 6.45) is 2.62. The van der Waals surface area contributed by atoms with Gasteiger partial charge in [-0.1, -0.05) is 6.92 Å². The molecule has 0 unspecified atom stereocenters. The van der Waals surface area contributed by atoms with Crippen LogP contribution in [0.2, 0.25) is 0 Å². The summed E-state index contributed by atoms with van der Waals surface area (Å²) in [4.78, 5) is 31.6. The van der Waals surface area contributed by atoms with Crippen LogP contribution in [0.4, 0.5) is 5.82 Å². The van der Waals surface area contributed by atoms with E-state index in [0.29, 0.717) is 6.42 Å². The highest BCUT2D eigenvalue weighted by atomic mass is 32.1. The van der Waals surface area contributed by atoms with Crippen molar-refractivity contribution in [3.63, 3.8) is 0 Å². The molecule has 2 aliphatic heterocycles. The zero-order chi connectivity index (χ0) is 18.5. The Morgan fingerprint density at radius 2 is 2.08 bits per heavy atom. The third-order valence-corrected chi connectivity index (χ3v) is 6.66. The number of thiazole rings is 1. The first-order valence-electron chi connectivity index (χ1n) is 9.13. The Hall–Kier alpha value is -1.86. The van der Waals surface area contributed by atoms with Gasteiger partial charge in [-0.15, -0.1) is 11.3 Å². The van der Waals surface area contributed by atoms with E-state index in [9.17, 15) is 4.79 Å². The maximum Gasteiger partial charge on any atom is 0.232 e.